The van der Waals surface area contributed by atoms with E-state index < -0.39 is 23.5 Å². The summed E-state index contributed by atoms with van der Waals surface area (Å²) in [7, 11) is 0. The molecule has 0 spiro atoms. The average molecular weight is 365 g/mol. The number of carbonyl (C=O) groups excluding carboxylic acids is 3. The third-order valence-corrected chi connectivity index (χ3v) is 4.17. The Labute approximate surface area is 156 Å². The lowest BCUT2D eigenvalue weighted by Gasteiger charge is -2.15. The lowest BCUT2D eigenvalue weighted by atomic mass is 10.1. The number of aliphatic hydroxyl groups is 1. The lowest BCUT2D eigenvalue weighted by Crippen LogP contribution is -2.31. The fraction of sp³-hybridized carbons (Fsp3) is 0.190. The molecule has 27 heavy (non-hydrogen) atoms. The maximum atomic E-state index is 12.6. The van der Waals surface area contributed by atoms with Crippen LogP contribution in [0.25, 0.3) is 5.57 Å². The molecule has 2 amide bonds. The van der Waals surface area contributed by atoms with Crippen LogP contribution in [-0.2, 0) is 20.9 Å². The molecule has 6 heteroatoms. The number of hydrogen-bond acceptors (Lipinski definition) is 5. The van der Waals surface area contributed by atoms with Gasteiger partial charge in [0.15, 0.2) is 5.76 Å². The van der Waals surface area contributed by atoms with E-state index in [2.05, 4.69) is 0 Å². The molecule has 138 valence electrons. The number of imide groups is 1. The molecule has 1 heterocycles. The Morgan fingerprint density at radius 3 is 2.30 bits per heavy atom. The second-order valence-electron chi connectivity index (χ2n) is 6.12. The van der Waals surface area contributed by atoms with Crippen molar-refractivity contribution in [3.63, 3.8) is 0 Å². The Bertz CT molecular complexity index is 900. The molecule has 2 aromatic rings. The predicted octanol–water partition coefficient (Wildman–Crippen LogP) is 3.09. The van der Waals surface area contributed by atoms with Gasteiger partial charge in [0, 0.05) is 0 Å². The van der Waals surface area contributed by atoms with Crippen LogP contribution in [0.1, 0.15) is 34.8 Å². The molecule has 0 fully saturated rings. The maximum absolute atomic E-state index is 12.6. The van der Waals surface area contributed by atoms with Crippen molar-refractivity contribution in [2.45, 2.75) is 19.9 Å². The molecule has 1 N–H and O–H groups in total. The van der Waals surface area contributed by atoms with E-state index >= 15 is 0 Å². The highest BCUT2D eigenvalue weighted by molar-refractivity contribution is 6.34. The summed E-state index contributed by atoms with van der Waals surface area (Å²) in [6.45, 7) is 2.26. The second-order valence-corrected chi connectivity index (χ2v) is 6.12. The summed E-state index contributed by atoms with van der Waals surface area (Å²) >= 11 is 0. The molecule has 0 radical (unpaired) electrons. The van der Waals surface area contributed by atoms with Crippen molar-refractivity contribution in [1.82, 2.24) is 4.90 Å². The second kappa shape index (κ2) is 7.86. The zero-order chi connectivity index (χ0) is 19.4. The Balaban J connectivity index is 1.74. The van der Waals surface area contributed by atoms with Crippen LogP contribution >= 0.6 is 0 Å². The summed E-state index contributed by atoms with van der Waals surface area (Å²) in [6.07, 6.45) is 0.739. The van der Waals surface area contributed by atoms with Crippen LogP contribution in [0.3, 0.4) is 0 Å². The number of rotatable bonds is 6. The molecule has 0 atom stereocenters. The van der Waals surface area contributed by atoms with Gasteiger partial charge in [-0.3, -0.25) is 14.5 Å². The first-order valence-electron chi connectivity index (χ1n) is 8.63. The molecule has 1 aliphatic heterocycles. The zero-order valence-electron chi connectivity index (χ0n) is 14.8. The van der Waals surface area contributed by atoms with Crippen LogP contribution in [0.2, 0.25) is 0 Å². The highest BCUT2D eigenvalue weighted by Crippen LogP contribution is 2.29. The number of aliphatic hydroxyl groups excluding tert-OH is 1. The van der Waals surface area contributed by atoms with E-state index in [-0.39, 0.29) is 12.1 Å². The predicted molar refractivity (Wildman–Crippen MR) is 98.6 cm³/mol. The van der Waals surface area contributed by atoms with Gasteiger partial charge in [-0.05, 0) is 29.7 Å². The van der Waals surface area contributed by atoms with E-state index in [0.717, 1.165) is 11.3 Å². The first kappa shape index (κ1) is 18.4. The van der Waals surface area contributed by atoms with Crippen molar-refractivity contribution in [2.24, 2.45) is 0 Å². The number of hydrogen-bond donors (Lipinski definition) is 1. The van der Waals surface area contributed by atoms with E-state index in [1.165, 1.54) is 0 Å². The molecule has 6 nitrogen and oxygen atoms in total. The minimum absolute atomic E-state index is 0.000337. The smallest absolute Gasteiger partial charge is 0.338 e. The van der Waals surface area contributed by atoms with Gasteiger partial charge in [-0.2, -0.15) is 0 Å². The third-order valence-electron chi connectivity index (χ3n) is 4.17. The molecule has 0 saturated heterocycles. The first-order chi connectivity index (χ1) is 13.0. The van der Waals surface area contributed by atoms with Gasteiger partial charge in [-0.15, -0.1) is 0 Å². The summed E-state index contributed by atoms with van der Waals surface area (Å²) in [5.74, 6) is -2.24. The molecular weight excluding hydrogens is 346 g/mol. The number of ether oxygens (including phenoxy) is 1. The highest BCUT2D eigenvalue weighted by Gasteiger charge is 2.39. The van der Waals surface area contributed by atoms with E-state index in [4.69, 9.17) is 4.74 Å². The first-order valence-corrected chi connectivity index (χ1v) is 8.63. The molecule has 2 aromatic carbocycles. The average Bonchev–Trinajstić information content (AvgIpc) is 2.90. The molecule has 0 saturated carbocycles. The largest absolute Gasteiger partial charge is 0.502 e. The van der Waals surface area contributed by atoms with Crippen LogP contribution in [0.4, 0.5) is 0 Å². The van der Waals surface area contributed by atoms with Gasteiger partial charge in [-0.1, -0.05) is 49.4 Å². The fourth-order valence-corrected chi connectivity index (χ4v) is 2.78. The summed E-state index contributed by atoms with van der Waals surface area (Å²) in [4.78, 5) is 37.8. The molecule has 3 rings (SSSR count). The normalized spacial score (nSPS) is 14.0. The van der Waals surface area contributed by atoms with Crippen LogP contribution in [0.5, 0.6) is 0 Å². The minimum atomic E-state index is -0.731. The summed E-state index contributed by atoms with van der Waals surface area (Å²) in [6, 6.07) is 15.1. The molecule has 1 aliphatic rings. The van der Waals surface area contributed by atoms with Crippen molar-refractivity contribution in [3.05, 3.63) is 77.0 Å². The van der Waals surface area contributed by atoms with E-state index in [1.807, 2.05) is 6.92 Å². The minimum Gasteiger partial charge on any atom is -0.502 e. The van der Waals surface area contributed by atoms with Crippen LogP contribution in [0, 0.1) is 0 Å². The number of amides is 2. The topological polar surface area (TPSA) is 83.9 Å². The number of nitrogens with zero attached hydrogens (tertiary/aromatic N) is 1. The van der Waals surface area contributed by atoms with Gasteiger partial charge >= 0.3 is 5.97 Å². The lowest BCUT2D eigenvalue weighted by molar-refractivity contribution is -0.138. The summed E-state index contributed by atoms with van der Waals surface area (Å²) in [5, 5.41) is 10.1. The molecule has 0 unspecified atom stereocenters. The van der Waals surface area contributed by atoms with E-state index in [1.54, 1.807) is 54.6 Å². The van der Waals surface area contributed by atoms with Gasteiger partial charge in [0.2, 0.25) is 0 Å². The van der Waals surface area contributed by atoms with E-state index in [9.17, 15) is 19.5 Å². The van der Waals surface area contributed by atoms with Gasteiger partial charge in [-0.25, -0.2) is 4.79 Å². The third kappa shape index (κ3) is 3.74. The summed E-state index contributed by atoms with van der Waals surface area (Å²) in [5.41, 5.74) is 1.55. The number of carbonyl (C=O) groups is 3. The van der Waals surface area contributed by atoms with Crippen molar-refractivity contribution in [2.75, 3.05) is 6.61 Å². The SMILES string of the molecule is CCCOC(=O)c1ccc(CN2C(=O)C(O)=C(c3ccccc3)C2=O)cc1. The Hall–Kier alpha value is -3.41. The van der Waals surface area contributed by atoms with Gasteiger partial charge in [0.1, 0.15) is 0 Å². The van der Waals surface area contributed by atoms with Crippen LogP contribution < -0.4 is 0 Å². The Morgan fingerprint density at radius 2 is 1.67 bits per heavy atom. The Morgan fingerprint density at radius 1 is 1.00 bits per heavy atom. The van der Waals surface area contributed by atoms with Crippen molar-refractivity contribution in [1.29, 1.82) is 0 Å². The number of benzene rings is 2. The quantitative estimate of drug-likeness (QED) is 0.628. The number of esters is 1. The molecule has 0 bridgehead atoms. The van der Waals surface area contributed by atoms with Gasteiger partial charge in [0.05, 0.1) is 24.3 Å². The van der Waals surface area contributed by atoms with Gasteiger partial charge in [0.25, 0.3) is 11.8 Å². The van der Waals surface area contributed by atoms with Crippen molar-refractivity contribution >= 4 is 23.4 Å². The van der Waals surface area contributed by atoms with Gasteiger partial charge < -0.3 is 9.84 Å². The van der Waals surface area contributed by atoms with Crippen molar-refractivity contribution < 1.29 is 24.2 Å². The standard InChI is InChI=1S/C21H19NO5/c1-2-12-27-21(26)16-10-8-14(9-11-16)13-22-19(24)17(18(23)20(22)25)15-6-4-3-5-7-15/h3-11,23H,2,12-13H2,1H3. The zero-order valence-corrected chi connectivity index (χ0v) is 14.8. The van der Waals surface area contributed by atoms with Crippen LogP contribution in [0.15, 0.2) is 60.4 Å². The Kier molecular flexibility index (Phi) is 5.35. The molecule has 0 aliphatic carbocycles. The monoisotopic (exact) mass is 365 g/mol. The highest BCUT2D eigenvalue weighted by atomic mass is 16.5. The summed E-state index contributed by atoms with van der Waals surface area (Å²) < 4.78 is 5.06. The molecule has 0 aromatic heterocycles. The van der Waals surface area contributed by atoms with Crippen molar-refractivity contribution in [3.8, 4) is 0 Å². The molecular formula is C21H19NO5. The van der Waals surface area contributed by atoms with Crippen LogP contribution in [-0.4, -0.2) is 34.4 Å². The maximum Gasteiger partial charge on any atom is 0.338 e. The van der Waals surface area contributed by atoms with E-state index in [0.29, 0.717) is 23.3 Å². The fourth-order valence-electron chi connectivity index (χ4n) is 2.78.